The minimum Gasteiger partial charge on any atom is -0.300 e. The monoisotopic (exact) mass is 197 g/mol. The minimum absolute atomic E-state index is 0.219. The molecule has 0 saturated heterocycles. The summed E-state index contributed by atoms with van der Waals surface area (Å²) < 4.78 is 0. The molecule has 0 aliphatic carbocycles. The van der Waals surface area contributed by atoms with Crippen LogP contribution in [0.5, 0.6) is 0 Å². The molecule has 13 heavy (non-hydrogen) atoms. The van der Waals surface area contributed by atoms with Gasteiger partial charge in [-0.05, 0) is 6.92 Å². The first kappa shape index (κ1) is 12.2. The van der Waals surface area contributed by atoms with E-state index in [2.05, 4.69) is 17.6 Å². The minimum atomic E-state index is 0.219. The largest absolute Gasteiger partial charge is 0.300 e. The molecule has 0 saturated carbocycles. The first-order chi connectivity index (χ1) is 6.29. The Labute approximate surface area is 85.5 Å². The van der Waals surface area contributed by atoms with Crippen molar-refractivity contribution in [2.45, 2.75) is 6.92 Å². The highest BCUT2D eigenvalue weighted by molar-refractivity contribution is 6.25. The summed E-state index contributed by atoms with van der Waals surface area (Å²) in [7, 11) is 1.76. The van der Waals surface area contributed by atoms with Crippen molar-refractivity contribution in [2.75, 3.05) is 7.05 Å². The van der Waals surface area contributed by atoms with Gasteiger partial charge in [-0.25, -0.2) is 0 Å². The Morgan fingerprint density at radius 1 is 1.31 bits per heavy atom. The fraction of sp³-hybridized carbons (Fsp3) is 0.364. The fourth-order valence-electron chi connectivity index (χ4n) is 1.12. The van der Waals surface area contributed by atoms with Crippen molar-refractivity contribution in [1.29, 1.82) is 0 Å². The lowest BCUT2D eigenvalue weighted by Gasteiger charge is -2.12. The predicted octanol–water partition coefficient (Wildman–Crippen LogP) is 3.43. The van der Waals surface area contributed by atoms with Crippen LogP contribution in [0.3, 0.4) is 0 Å². The lowest BCUT2D eigenvalue weighted by atomic mass is 9.93. The molecule has 0 aliphatic rings. The SMILES string of the molecule is C=CC(C=NC)C(/C=C\C)/C=C/Cl. The van der Waals surface area contributed by atoms with Crippen LogP contribution in [-0.4, -0.2) is 13.3 Å². The van der Waals surface area contributed by atoms with Crippen molar-refractivity contribution in [2.24, 2.45) is 16.8 Å². The second-order valence-electron chi connectivity index (χ2n) is 2.64. The third kappa shape index (κ3) is 4.69. The lowest BCUT2D eigenvalue weighted by molar-refractivity contribution is 0.724. The maximum Gasteiger partial charge on any atom is 0.0273 e. The van der Waals surface area contributed by atoms with Crippen LogP contribution in [0.1, 0.15) is 6.92 Å². The summed E-state index contributed by atoms with van der Waals surface area (Å²) in [4.78, 5) is 3.99. The smallest absolute Gasteiger partial charge is 0.0273 e. The van der Waals surface area contributed by atoms with Gasteiger partial charge in [0.15, 0.2) is 0 Å². The van der Waals surface area contributed by atoms with Gasteiger partial charge in [-0.2, -0.15) is 0 Å². The van der Waals surface area contributed by atoms with E-state index in [9.17, 15) is 0 Å². The predicted molar refractivity (Wildman–Crippen MR) is 61.4 cm³/mol. The zero-order valence-corrected chi connectivity index (χ0v) is 8.91. The Morgan fingerprint density at radius 3 is 2.38 bits per heavy atom. The molecule has 0 aromatic rings. The molecule has 0 N–H and O–H groups in total. The number of nitrogens with zero attached hydrogens (tertiary/aromatic N) is 1. The first-order valence-corrected chi connectivity index (χ1v) is 4.68. The molecule has 1 nitrogen and oxygen atoms in total. The topological polar surface area (TPSA) is 12.4 Å². The van der Waals surface area contributed by atoms with Crippen molar-refractivity contribution in [3.05, 3.63) is 36.4 Å². The second kappa shape index (κ2) is 7.81. The summed E-state index contributed by atoms with van der Waals surface area (Å²) >= 11 is 5.54. The normalized spacial score (nSPS) is 17.2. The third-order valence-corrected chi connectivity index (χ3v) is 1.89. The van der Waals surface area contributed by atoms with E-state index in [1.54, 1.807) is 7.05 Å². The summed E-state index contributed by atoms with van der Waals surface area (Å²) in [6.45, 7) is 5.75. The molecule has 2 unspecified atom stereocenters. The van der Waals surface area contributed by atoms with E-state index in [0.29, 0.717) is 0 Å². The quantitative estimate of drug-likeness (QED) is 0.473. The second-order valence-corrected chi connectivity index (χ2v) is 2.89. The molecule has 0 aliphatic heterocycles. The van der Waals surface area contributed by atoms with E-state index in [0.717, 1.165) is 0 Å². The van der Waals surface area contributed by atoms with Gasteiger partial charge in [-0.1, -0.05) is 35.9 Å². The molecule has 0 aromatic carbocycles. The number of rotatable bonds is 5. The van der Waals surface area contributed by atoms with Crippen LogP contribution in [-0.2, 0) is 0 Å². The number of allylic oxidation sites excluding steroid dienone is 4. The van der Waals surface area contributed by atoms with Crippen LogP contribution in [0.25, 0.3) is 0 Å². The molecule has 0 radical (unpaired) electrons. The van der Waals surface area contributed by atoms with Gasteiger partial charge in [0.1, 0.15) is 0 Å². The van der Waals surface area contributed by atoms with Crippen molar-refractivity contribution in [1.82, 2.24) is 0 Å². The van der Waals surface area contributed by atoms with Gasteiger partial charge in [0.2, 0.25) is 0 Å². The van der Waals surface area contributed by atoms with Gasteiger partial charge < -0.3 is 4.99 Å². The Bertz CT molecular complexity index is 204. The summed E-state index contributed by atoms with van der Waals surface area (Å²) in [5, 5.41) is 0. The number of hydrogen-bond donors (Lipinski definition) is 0. The van der Waals surface area contributed by atoms with Gasteiger partial charge in [0, 0.05) is 30.6 Å². The highest BCUT2D eigenvalue weighted by Crippen LogP contribution is 2.15. The lowest BCUT2D eigenvalue weighted by Crippen LogP contribution is -2.09. The third-order valence-electron chi connectivity index (χ3n) is 1.75. The standard InChI is InChI=1S/C11H16ClN/c1-4-6-11(7-8-12)10(5-2)9-13-3/h4-11H,2H2,1,3H3/b6-4-,8-7+,13-9?. The summed E-state index contributed by atoms with van der Waals surface area (Å²) in [6, 6.07) is 0. The maximum atomic E-state index is 5.54. The van der Waals surface area contributed by atoms with E-state index in [4.69, 9.17) is 11.6 Å². The number of hydrogen-bond acceptors (Lipinski definition) is 1. The average Bonchev–Trinajstić information content (AvgIpc) is 2.14. The van der Waals surface area contributed by atoms with E-state index in [1.807, 2.05) is 31.4 Å². The maximum absolute atomic E-state index is 5.54. The Balaban J connectivity index is 4.56. The average molecular weight is 198 g/mol. The van der Waals surface area contributed by atoms with E-state index in [-0.39, 0.29) is 11.8 Å². The molecule has 0 fully saturated rings. The molecule has 0 heterocycles. The summed E-state index contributed by atoms with van der Waals surface area (Å²) in [6.07, 6.45) is 9.74. The van der Waals surface area contributed by atoms with Crippen LogP contribution >= 0.6 is 11.6 Å². The van der Waals surface area contributed by atoms with Gasteiger partial charge in [-0.3, -0.25) is 0 Å². The van der Waals surface area contributed by atoms with Crippen molar-refractivity contribution in [3.63, 3.8) is 0 Å². The summed E-state index contributed by atoms with van der Waals surface area (Å²) in [5.74, 6) is 0.472. The molecule has 0 amide bonds. The zero-order chi connectivity index (χ0) is 10.1. The van der Waals surface area contributed by atoms with Gasteiger partial charge >= 0.3 is 0 Å². The fourth-order valence-corrected chi connectivity index (χ4v) is 1.28. The molecule has 0 aromatic heterocycles. The number of aliphatic imine (C=N–C) groups is 1. The zero-order valence-electron chi connectivity index (χ0n) is 8.15. The van der Waals surface area contributed by atoms with Crippen LogP contribution in [0.4, 0.5) is 0 Å². The molecule has 2 heteroatoms. The number of halogens is 1. The highest BCUT2D eigenvalue weighted by Gasteiger charge is 2.09. The Hall–Kier alpha value is -0.820. The van der Waals surface area contributed by atoms with Gasteiger partial charge in [0.25, 0.3) is 0 Å². The van der Waals surface area contributed by atoms with Crippen LogP contribution in [0.15, 0.2) is 41.4 Å². The highest BCUT2D eigenvalue weighted by atomic mass is 35.5. The Kier molecular flexibility index (Phi) is 7.32. The molecule has 0 bridgehead atoms. The van der Waals surface area contributed by atoms with Gasteiger partial charge in [0.05, 0.1) is 0 Å². The Morgan fingerprint density at radius 2 is 2.00 bits per heavy atom. The van der Waals surface area contributed by atoms with Crippen LogP contribution < -0.4 is 0 Å². The molecule has 0 spiro atoms. The van der Waals surface area contributed by atoms with Crippen LogP contribution in [0, 0.1) is 11.8 Å². The van der Waals surface area contributed by atoms with Crippen molar-refractivity contribution >= 4 is 17.8 Å². The first-order valence-electron chi connectivity index (χ1n) is 4.24. The van der Waals surface area contributed by atoms with Crippen molar-refractivity contribution < 1.29 is 0 Å². The van der Waals surface area contributed by atoms with E-state index < -0.39 is 0 Å². The van der Waals surface area contributed by atoms with Crippen molar-refractivity contribution in [3.8, 4) is 0 Å². The summed E-state index contributed by atoms with van der Waals surface area (Å²) in [5.41, 5.74) is 1.53. The van der Waals surface area contributed by atoms with E-state index >= 15 is 0 Å². The molecular formula is C11H16ClN. The van der Waals surface area contributed by atoms with E-state index in [1.165, 1.54) is 5.54 Å². The molecule has 2 atom stereocenters. The molecular weight excluding hydrogens is 182 g/mol. The van der Waals surface area contributed by atoms with Crippen LogP contribution in [0.2, 0.25) is 0 Å². The van der Waals surface area contributed by atoms with Gasteiger partial charge in [-0.15, -0.1) is 6.58 Å². The molecule has 72 valence electrons. The molecule has 0 rings (SSSR count).